The fourth-order valence-electron chi connectivity index (χ4n) is 2.04. The Kier molecular flexibility index (Phi) is 7.43. The number of epoxide rings is 1. The van der Waals surface area contributed by atoms with Crippen molar-refractivity contribution in [3.8, 4) is 6.07 Å². The summed E-state index contributed by atoms with van der Waals surface area (Å²) >= 11 is 0. The van der Waals surface area contributed by atoms with Gasteiger partial charge in [-0.25, -0.2) is 0 Å². The fourth-order valence-corrected chi connectivity index (χ4v) is 2.04. The molecule has 3 fully saturated rings. The zero-order chi connectivity index (χ0) is 16.6. The Bertz CT molecular complexity index is 376. The van der Waals surface area contributed by atoms with Gasteiger partial charge in [-0.1, -0.05) is 0 Å². The Morgan fingerprint density at radius 3 is 1.91 bits per heavy atom. The third-order valence-electron chi connectivity index (χ3n) is 3.28. The number of hydrogen-bond donors (Lipinski definition) is 1. The molecule has 0 aromatic heterocycles. The number of ether oxygens (including phenoxy) is 3. The minimum absolute atomic E-state index is 0.0903. The van der Waals surface area contributed by atoms with E-state index in [0.29, 0.717) is 31.8 Å². The summed E-state index contributed by atoms with van der Waals surface area (Å²) in [5.74, 6) is 0.339. The average molecular weight is 313 g/mol. The van der Waals surface area contributed by atoms with Gasteiger partial charge in [-0.15, -0.1) is 0 Å². The molecule has 0 aliphatic carbocycles. The van der Waals surface area contributed by atoms with Crippen LogP contribution >= 0.6 is 0 Å². The molecule has 1 atom stereocenters. The molecule has 0 aromatic rings. The highest BCUT2D eigenvalue weighted by atomic mass is 16.6. The number of nitriles is 1. The standard InChI is InChI=1S/C7H9NO2.C5H8O2.C4H10O/c8-5-6-7(10-6)1-3-9-4-2-7;6-5-1-3-7-4-2-5;1-4(2,3)5/h6H,1-4H2;1-4H2;5H,1-3H3. The number of nitrogens with zero attached hydrogens (tertiary/aromatic N) is 1. The summed E-state index contributed by atoms with van der Waals surface area (Å²) in [6, 6.07) is 2.12. The van der Waals surface area contributed by atoms with Crippen LogP contribution in [0, 0.1) is 11.3 Å². The third kappa shape index (κ3) is 7.85. The first kappa shape index (κ1) is 19.0. The van der Waals surface area contributed by atoms with Gasteiger partial charge in [-0.05, 0) is 20.8 Å². The molecule has 126 valence electrons. The SMILES string of the molecule is CC(C)(C)O.N#CC1OC12CCOCC2.O=C1CCOCC1. The topological polar surface area (TPSA) is 92.1 Å². The van der Waals surface area contributed by atoms with Crippen LogP contribution in [0.3, 0.4) is 0 Å². The van der Waals surface area contributed by atoms with E-state index in [0.717, 1.165) is 26.1 Å². The number of carbonyl (C=O) groups is 1. The maximum atomic E-state index is 10.4. The van der Waals surface area contributed by atoms with Crippen molar-refractivity contribution in [3.05, 3.63) is 0 Å². The molecule has 0 radical (unpaired) electrons. The van der Waals surface area contributed by atoms with Crippen LogP contribution in [0.4, 0.5) is 0 Å². The maximum Gasteiger partial charge on any atom is 0.173 e. The van der Waals surface area contributed by atoms with Crippen molar-refractivity contribution in [2.45, 2.75) is 63.8 Å². The van der Waals surface area contributed by atoms with Crippen molar-refractivity contribution in [1.82, 2.24) is 0 Å². The van der Waals surface area contributed by atoms with Crippen LogP contribution in [0.2, 0.25) is 0 Å². The summed E-state index contributed by atoms with van der Waals surface area (Å²) in [5, 5.41) is 17.0. The van der Waals surface area contributed by atoms with E-state index in [1.807, 2.05) is 0 Å². The molecule has 6 heteroatoms. The van der Waals surface area contributed by atoms with Gasteiger partial charge in [0.2, 0.25) is 0 Å². The van der Waals surface area contributed by atoms with E-state index < -0.39 is 5.60 Å². The quantitative estimate of drug-likeness (QED) is 0.683. The largest absolute Gasteiger partial charge is 0.391 e. The molecule has 22 heavy (non-hydrogen) atoms. The van der Waals surface area contributed by atoms with Crippen molar-refractivity contribution in [1.29, 1.82) is 5.26 Å². The molecule has 1 N–H and O–H groups in total. The number of Topliss-reactive ketones (excluding diaryl/α,β-unsaturated/α-hetero) is 1. The Hall–Kier alpha value is -1.00. The molecule has 0 aromatic carbocycles. The molecular weight excluding hydrogens is 286 g/mol. The summed E-state index contributed by atoms with van der Waals surface area (Å²) < 4.78 is 15.3. The summed E-state index contributed by atoms with van der Waals surface area (Å²) in [5.41, 5.74) is -0.590. The molecular formula is C16H27NO5. The molecule has 3 rings (SSSR count). The van der Waals surface area contributed by atoms with E-state index in [1.165, 1.54) is 0 Å². The number of aliphatic hydroxyl groups is 1. The van der Waals surface area contributed by atoms with Gasteiger partial charge < -0.3 is 19.3 Å². The monoisotopic (exact) mass is 313 g/mol. The molecule has 1 unspecified atom stereocenters. The van der Waals surface area contributed by atoms with E-state index in [4.69, 9.17) is 24.6 Å². The maximum absolute atomic E-state index is 10.4. The summed E-state index contributed by atoms with van der Waals surface area (Å²) in [4.78, 5) is 10.4. The van der Waals surface area contributed by atoms with Gasteiger partial charge in [0, 0.05) is 38.9 Å². The summed E-state index contributed by atoms with van der Waals surface area (Å²) in [7, 11) is 0. The third-order valence-corrected chi connectivity index (χ3v) is 3.28. The zero-order valence-electron chi connectivity index (χ0n) is 13.8. The first-order chi connectivity index (χ1) is 10.3. The van der Waals surface area contributed by atoms with Crippen LogP contribution in [0.25, 0.3) is 0 Å². The summed E-state index contributed by atoms with van der Waals surface area (Å²) in [6.07, 6.45) is 2.90. The average Bonchev–Trinajstić information content (AvgIpc) is 3.12. The van der Waals surface area contributed by atoms with E-state index in [2.05, 4.69) is 6.07 Å². The lowest BCUT2D eigenvalue weighted by molar-refractivity contribution is -0.124. The Balaban J connectivity index is 0.000000178. The first-order valence-corrected chi connectivity index (χ1v) is 7.74. The minimum Gasteiger partial charge on any atom is -0.391 e. The first-order valence-electron chi connectivity index (χ1n) is 7.74. The molecule has 6 nitrogen and oxygen atoms in total. The second-order valence-electron chi connectivity index (χ2n) is 6.63. The van der Waals surface area contributed by atoms with E-state index in [1.54, 1.807) is 20.8 Å². The Labute approximate surface area is 132 Å². The number of carbonyl (C=O) groups excluding carboxylic acids is 1. The fraction of sp³-hybridized carbons (Fsp3) is 0.875. The van der Waals surface area contributed by atoms with Gasteiger partial charge in [0.1, 0.15) is 11.4 Å². The summed E-state index contributed by atoms with van der Waals surface area (Å²) in [6.45, 7) is 8.00. The highest BCUT2D eigenvalue weighted by Gasteiger charge is 2.57. The molecule has 0 saturated carbocycles. The number of hydrogen-bond acceptors (Lipinski definition) is 6. The van der Waals surface area contributed by atoms with Crippen LogP contribution in [0.1, 0.15) is 46.5 Å². The number of rotatable bonds is 0. The predicted octanol–water partition coefficient (Wildman–Crippen LogP) is 1.60. The Morgan fingerprint density at radius 2 is 1.59 bits per heavy atom. The second-order valence-corrected chi connectivity index (χ2v) is 6.63. The van der Waals surface area contributed by atoms with Crippen molar-refractivity contribution in [2.75, 3.05) is 26.4 Å². The lowest BCUT2D eigenvalue weighted by atomic mass is 9.97. The van der Waals surface area contributed by atoms with E-state index in [9.17, 15) is 4.79 Å². The molecule has 3 saturated heterocycles. The van der Waals surface area contributed by atoms with Gasteiger partial charge in [0.05, 0.1) is 24.9 Å². The van der Waals surface area contributed by atoms with Crippen LogP contribution in [0.15, 0.2) is 0 Å². The molecule has 3 aliphatic heterocycles. The molecule has 1 spiro atoms. The normalized spacial score (nSPS) is 26.0. The van der Waals surface area contributed by atoms with Crippen LogP contribution in [0.5, 0.6) is 0 Å². The van der Waals surface area contributed by atoms with Crippen LogP contribution in [-0.2, 0) is 19.0 Å². The van der Waals surface area contributed by atoms with Gasteiger partial charge in [-0.2, -0.15) is 5.26 Å². The Morgan fingerprint density at radius 1 is 1.14 bits per heavy atom. The predicted molar refractivity (Wildman–Crippen MR) is 80.3 cm³/mol. The van der Waals surface area contributed by atoms with Crippen LogP contribution < -0.4 is 0 Å². The molecule has 0 amide bonds. The van der Waals surface area contributed by atoms with E-state index in [-0.39, 0.29) is 11.7 Å². The zero-order valence-corrected chi connectivity index (χ0v) is 13.8. The number of ketones is 1. The van der Waals surface area contributed by atoms with Crippen molar-refractivity contribution < 1.29 is 24.1 Å². The van der Waals surface area contributed by atoms with Crippen molar-refractivity contribution >= 4 is 5.78 Å². The molecule has 3 aliphatic rings. The van der Waals surface area contributed by atoms with Gasteiger partial charge >= 0.3 is 0 Å². The second kappa shape index (κ2) is 8.59. The smallest absolute Gasteiger partial charge is 0.173 e. The minimum atomic E-state index is -0.500. The van der Waals surface area contributed by atoms with Crippen molar-refractivity contribution in [3.63, 3.8) is 0 Å². The van der Waals surface area contributed by atoms with Gasteiger partial charge in [-0.3, -0.25) is 4.79 Å². The van der Waals surface area contributed by atoms with Gasteiger partial charge in [0.15, 0.2) is 6.10 Å². The molecule has 0 bridgehead atoms. The van der Waals surface area contributed by atoms with E-state index >= 15 is 0 Å². The molecule has 3 heterocycles. The lowest BCUT2D eigenvalue weighted by Crippen LogP contribution is -2.25. The van der Waals surface area contributed by atoms with Crippen LogP contribution in [-0.4, -0.2) is 54.6 Å². The van der Waals surface area contributed by atoms with Gasteiger partial charge in [0.25, 0.3) is 0 Å². The van der Waals surface area contributed by atoms with Crippen molar-refractivity contribution in [2.24, 2.45) is 0 Å². The highest BCUT2D eigenvalue weighted by Crippen LogP contribution is 2.44. The highest BCUT2D eigenvalue weighted by molar-refractivity contribution is 5.78. The lowest BCUT2D eigenvalue weighted by Gasteiger charge is -2.17.